The number of fused-ring (bicyclic) bond motifs is 1. The van der Waals surface area contributed by atoms with Crippen molar-refractivity contribution in [3.63, 3.8) is 0 Å². The Labute approximate surface area is 181 Å². The van der Waals surface area contributed by atoms with Gasteiger partial charge >= 0.3 is 6.09 Å². The number of hydrogen-bond acceptors (Lipinski definition) is 3. The van der Waals surface area contributed by atoms with Crippen LogP contribution in [0.25, 0.3) is 0 Å². The molecular weight excluding hydrogens is 407 g/mol. The van der Waals surface area contributed by atoms with E-state index in [9.17, 15) is 23.1 Å². The SMILES string of the molecule is CC(CF)C1C2CN(Cc3ccc(N4CCCCC4)cc3C(F)F)CC2CN1C(=O)O. The molecule has 0 aromatic heterocycles. The van der Waals surface area contributed by atoms with Gasteiger partial charge in [-0.1, -0.05) is 13.0 Å². The van der Waals surface area contributed by atoms with Gasteiger partial charge in [-0.05, 0) is 48.8 Å². The van der Waals surface area contributed by atoms with Crippen LogP contribution in [0.1, 0.15) is 43.7 Å². The van der Waals surface area contributed by atoms with Gasteiger partial charge in [-0.3, -0.25) is 9.29 Å². The Morgan fingerprint density at radius 2 is 1.90 bits per heavy atom. The van der Waals surface area contributed by atoms with Crippen LogP contribution in [0.15, 0.2) is 18.2 Å². The highest BCUT2D eigenvalue weighted by molar-refractivity contribution is 5.66. The number of carboxylic acid groups (broad SMARTS) is 1. The van der Waals surface area contributed by atoms with Crippen LogP contribution < -0.4 is 4.90 Å². The van der Waals surface area contributed by atoms with Gasteiger partial charge < -0.3 is 14.9 Å². The molecule has 1 N–H and O–H groups in total. The van der Waals surface area contributed by atoms with E-state index in [0.29, 0.717) is 31.7 Å². The van der Waals surface area contributed by atoms with Gasteiger partial charge in [0.05, 0.1) is 6.67 Å². The largest absolute Gasteiger partial charge is 0.465 e. The Hall–Kier alpha value is -1.96. The number of anilines is 1. The minimum atomic E-state index is -2.54. The number of piperidine rings is 1. The van der Waals surface area contributed by atoms with Gasteiger partial charge in [0.15, 0.2) is 0 Å². The van der Waals surface area contributed by atoms with E-state index in [2.05, 4.69) is 9.80 Å². The highest BCUT2D eigenvalue weighted by atomic mass is 19.3. The summed E-state index contributed by atoms with van der Waals surface area (Å²) in [5, 5.41) is 9.52. The average molecular weight is 440 g/mol. The van der Waals surface area contributed by atoms with Crippen LogP contribution in [0.4, 0.5) is 23.7 Å². The van der Waals surface area contributed by atoms with Crippen molar-refractivity contribution in [1.29, 1.82) is 0 Å². The molecule has 31 heavy (non-hydrogen) atoms. The summed E-state index contributed by atoms with van der Waals surface area (Å²) in [6.45, 7) is 5.07. The van der Waals surface area contributed by atoms with Gasteiger partial charge in [0.2, 0.25) is 0 Å². The molecule has 3 aliphatic heterocycles. The second kappa shape index (κ2) is 9.27. The number of nitrogens with zero attached hydrogens (tertiary/aromatic N) is 3. The lowest BCUT2D eigenvalue weighted by Crippen LogP contribution is -2.44. The highest BCUT2D eigenvalue weighted by Crippen LogP contribution is 2.40. The molecule has 3 aliphatic rings. The molecule has 5 nitrogen and oxygen atoms in total. The second-order valence-corrected chi connectivity index (χ2v) is 9.41. The van der Waals surface area contributed by atoms with Crippen LogP contribution in [0.2, 0.25) is 0 Å². The van der Waals surface area contributed by atoms with Crippen molar-refractivity contribution in [2.45, 2.75) is 45.2 Å². The van der Waals surface area contributed by atoms with Crippen molar-refractivity contribution in [1.82, 2.24) is 9.80 Å². The Morgan fingerprint density at radius 1 is 1.16 bits per heavy atom. The van der Waals surface area contributed by atoms with Crippen LogP contribution in [0, 0.1) is 17.8 Å². The molecule has 0 saturated carbocycles. The van der Waals surface area contributed by atoms with Crippen LogP contribution in [0.3, 0.4) is 0 Å². The first kappa shape index (κ1) is 22.2. The molecule has 1 aromatic carbocycles. The maximum absolute atomic E-state index is 13.9. The molecule has 0 aliphatic carbocycles. The van der Waals surface area contributed by atoms with Crippen molar-refractivity contribution in [2.24, 2.45) is 17.8 Å². The summed E-state index contributed by atoms with van der Waals surface area (Å²) in [5.74, 6) is -0.200. The fraction of sp³-hybridized carbons (Fsp3) is 0.696. The zero-order chi connectivity index (χ0) is 22.1. The van der Waals surface area contributed by atoms with Gasteiger partial charge in [-0.2, -0.15) is 0 Å². The van der Waals surface area contributed by atoms with E-state index in [4.69, 9.17) is 0 Å². The Kier molecular flexibility index (Phi) is 6.65. The fourth-order valence-corrected chi connectivity index (χ4v) is 5.85. The van der Waals surface area contributed by atoms with E-state index in [1.165, 1.54) is 11.3 Å². The molecule has 3 fully saturated rings. The first-order chi connectivity index (χ1) is 14.9. The number of rotatable bonds is 6. The van der Waals surface area contributed by atoms with Crippen LogP contribution in [-0.4, -0.2) is 66.4 Å². The number of hydrogen-bond donors (Lipinski definition) is 1. The summed E-state index contributed by atoms with van der Waals surface area (Å²) in [5.41, 5.74) is 1.58. The Morgan fingerprint density at radius 3 is 2.55 bits per heavy atom. The van der Waals surface area contributed by atoms with Gasteiger partial charge in [0.25, 0.3) is 6.43 Å². The van der Waals surface area contributed by atoms with E-state index in [-0.39, 0.29) is 29.4 Å². The summed E-state index contributed by atoms with van der Waals surface area (Å²) < 4.78 is 41.2. The third kappa shape index (κ3) is 4.49. The van der Waals surface area contributed by atoms with Crippen molar-refractivity contribution in [3.8, 4) is 0 Å². The molecule has 1 aromatic rings. The predicted molar refractivity (Wildman–Crippen MR) is 113 cm³/mol. The maximum Gasteiger partial charge on any atom is 0.407 e. The summed E-state index contributed by atoms with van der Waals surface area (Å²) in [7, 11) is 0. The van der Waals surface area contributed by atoms with Crippen molar-refractivity contribution < 1.29 is 23.1 Å². The first-order valence-electron chi connectivity index (χ1n) is 11.3. The monoisotopic (exact) mass is 439 g/mol. The third-order valence-corrected chi connectivity index (χ3v) is 7.35. The van der Waals surface area contributed by atoms with Crippen molar-refractivity contribution >= 4 is 11.8 Å². The van der Waals surface area contributed by atoms with Gasteiger partial charge in [0, 0.05) is 62.5 Å². The normalized spacial score (nSPS) is 27.7. The zero-order valence-electron chi connectivity index (χ0n) is 18.0. The number of carbonyl (C=O) groups is 1. The molecular formula is C23H32F3N3O2. The molecule has 3 heterocycles. The fourth-order valence-electron chi connectivity index (χ4n) is 5.85. The number of alkyl halides is 3. The first-order valence-corrected chi connectivity index (χ1v) is 11.3. The van der Waals surface area contributed by atoms with E-state index < -0.39 is 19.2 Å². The standard InChI is InChI=1S/C23H32F3N3O2/c1-15(10-24)21-20-14-27(12-17(20)13-29(21)23(30)31)11-16-5-6-18(9-19(16)22(25)26)28-7-3-2-4-8-28/h5-6,9,15,17,20-22H,2-4,7-8,10-14H2,1H3,(H,30,31). The lowest BCUT2D eigenvalue weighted by Gasteiger charge is -2.31. The number of likely N-dealkylation sites (tertiary alicyclic amines) is 2. The maximum atomic E-state index is 13.9. The van der Waals surface area contributed by atoms with Gasteiger partial charge in [0.1, 0.15) is 0 Å². The summed E-state index contributed by atoms with van der Waals surface area (Å²) in [6, 6.07) is 5.06. The molecule has 0 spiro atoms. The molecule has 0 bridgehead atoms. The molecule has 4 atom stereocenters. The molecule has 0 radical (unpaired) electrons. The van der Waals surface area contributed by atoms with Crippen LogP contribution >= 0.6 is 0 Å². The molecule has 4 unspecified atom stereocenters. The lowest BCUT2D eigenvalue weighted by molar-refractivity contribution is 0.104. The minimum absolute atomic E-state index is 0.0458. The quantitative estimate of drug-likeness (QED) is 0.702. The zero-order valence-corrected chi connectivity index (χ0v) is 18.0. The summed E-state index contributed by atoms with van der Waals surface area (Å²) in [4.78, 5) is 17.3. The third-order valence-electron chi connectivity index (χ3n) is 7.35. The topological polar surface area (TPSA) is 47.0 Å². The van der Waals surface area contributed by atoms with Crippen LogP contribution in [-0.2, 0) is 6.54 Å². The lowest BCUT2D eigenvalue weighted by atomic mass is 9.87. The summed E-state index contributed by atoms with van der Waals surface area (Å²) >= 11 is 0. The average Bonchev–Trinajstić information content (AvgIpc) is 3.31. The molecule has 3 saturated heterocycles. The van der Waals surface area contributed by atoms with E-state index in [1.54, 1.807) is 13.0 Å². The van der Waals surface area contributed by atoms with E-state index in [0.717, 1.165) is 31.6 Å². The number of halogens is 3. The molecule has 1 amide bonds. The van der Waals surface area contributed by atoms with E-state index >= 15 is 0 Å². The summed E-state index contributed by atoms with van der Waals surface area (Å²) in [6.07, 6.45) is -0.166. The molecule has 8 heteroatoms. The molecule has 172 valence electrons. The Balaban J connectivity index is 1.48. The smallest absolute Gasteiger partial charge is 0.407 e. The minimum Gasteiger partial charge on any atom is -0.465 e. The number of benzene rings is 1. The van der Waals surface area contributed by atoms with Gasteiger partial charge in [-0.15, -0.1) is 0 Å². The number of amides is 1. The van der Waals surface area contributed by atoms with E-state index in [1.807, 2.05) is 12.1 Å². The second-order valence-electron chi connectivity index (χ2n) is 9.41. The van der Waals surface area contributed by atoms with Crippen LogP contribution in [0.5, 0.6) is 0 Å². The Bertz CT molecular complexity index is 787. The highest BCUT2D eigenvalue weighted by Gasteiger charge is 2.50. The predicted octanol–water partition coefficient (Wildman–Crippen LogP) is 4.63. The van der Waals surface area contributed by atoms with Crippen molar-refractivity contribution in [3.05, 3.63) is 29.3 Å². The molecule has 4 rings (SSSR count). The van der Waals surface area contributed by atoms with Gasteiger partial charge in [-0.25, -0.2) is 13.6 Å². The van der Waals surface area contributed by atoms with Crippen molar-refractivity contribution in [2.75, 3.05) is 44.3 Å².